The molecular formula is C23H16N2O2S. The highest BCUT2D eigenvalue weighted by Crippen LogP contribution is 2.31. The molecule has 4 rings (SSSR count). The normalized spacial score (nSPS) is 16.7. The number of carbonyl (C=O) groups is 1. The fourth-order valence-electron chi connectivity index (χ4n) is 2.84. The first-order valence-corrected chi connectivity index (χ1v) is 9.87. The summed E-state index contributed by atoms with van der Waals surface area (Å²) in [4.78, 5) is 17.1. The molecule has 2 aromatic carbocycles. The van der Waals surface area contributed by atoms with Crippen molar-refractivity contribution in [2.45, 2.75) is 6.42 Å². The van der Waals surface area contributed by atoms with Gasteiger partial charge in [-0.2, -0.15) is 0 Å². The van der Waals surface area contributed by atoms with Gasteiger partial charge in [-0.3, -0.25) is 9.78 Å². The highest BCUT2D eigenvalue weighted by molar-refractivity contribution is 7.97. The lowest BCUT2D eigenvalue weighted by Crippen LogP contribution is -2.27. The van der Waals surface area contributed by atoms with Crippen LogP contribution < -0.4 is 4.72 Å². The van der Waals surface area contributed by atoms with E-state index in [1.165, 1.54) is 0 Å². The number of hydrogen-bond donors (Lipinski definition) is 1. The van der Waals surface area contributed by atoms with E-state index in [1.807, 2.05) is 48.5 Å². The Hall–Kier alpha value is -3.33. The van der Waals surface area contributed by atoms with Crippen molar-refractivity contribution in [3.63, 3.8) is 0 Å². The van der Waals surface area contributed by atoms with E-state index in [1.54, 1.807) is 30.6 Å². The van der Waals surface area contributed by atoms with E-state index >= 15 is 0 Å². The Kier molecular flexibility index (Phi) is 5.24. The predicted octanol–water partition coefficient (Wildman–Crippen LogP) is 3.99. The third kappa shape index (κ3) is 3.99. The summed E-state index contributed by atoms with van der Waals surface area (Å²) < 4.78 is 15.4. The Morgan fingerprint density at radius 3 is 2.64 bits per heavy atom. The van der Waals surface area contributed by atoms with Crippen molar-refractivity contribution in [3.8, 4) is 11.8 Å². The van der Waals surface area contributed by atoms with Crippen molar-refractivity contribution >= 4 is 28.9 Å². The number of allylic oxidation sites excluding steroid dienone is 1. The van der Waals surface area contributed by atoms with Gasteiger partial charge in [0.05, 0.1) is 11.3 Å². The van der Waals surface area contributed by atoms with Crippen molar-refractivity contribution in [3.05, 3.63) is 100 Å². The minimum Gasteiger partial charge on any atom is -0.588 e. The summed E-state index contributed by atoms with van der Waals surface area (Å²) in [6.07, 6.45) is 5.74. The van der Waals surface area contributed by atoms with Crippen LogP contribution in [0.1, 0.15) is 27.0 Å². The van der Waals surface area contributed by atoms with Gasteiger partial charge < -0.3 is 4.55 Å². The molecule has 136 valence electrons. The average Bonchev–Trinajstić information content (AvgIpc) is 2.73. The predicted molar refractivity (Wildman–Crippen MR) is 112 cm³/mol. The van der Waals surface area contributed by atoms with E-state index in [4.69, 9.17) is 0 Å². The number of anilines is 1. The van der Waals surface area contributed by atoms with Crippen molar-refractivity contribution in [1.82, 2.24) is 4.98 Å². The van der Waals surface area contributed by atoms with Crippen LogP contribution in [0, 0.1) is 11.8 Å². The number of benzene rings is 2. The molecule has 1 aliphatic heterocycles. The van der Waals surface area contributed by atoms with E-state index in [9.17, 15) is 9.35 Å². The van der Waals surface area contributed by atoms with Crippen LogP contribution in [-0.4, -0.2) is 15.3 Å². The van der Waals surface area contributed by atoms with Crippen molar-refractivity contribution in [2.75, 3.05) is 4.72 Å². The van der Waals surface area contributed by atoms with Crippen molar-refractivity contribution < 1.29 is 9.35 Å². The van der Waals surface area contributed by atoms with E-state index < -0.39 is 11.4 Å². The molecule has 28 heavy (non-hydrogen) atoms. The Morgan fingerprint density at radius 2 is 1.86 bits per heavy atom. The molecule has 0 bridgehead atoms. The first-order valence-electron chi connectivity index (χ1n) is 8.72. The molecule has 2 heterocycles. The van der Waals surface area contributed by atoms with Crippen LogP contribution in [0.5, 0.6) is 0 Å². The molecule has 0 saturated heterocycles. The molecule has 1 aromatic heterocycles. The Balaban J connectivity index is 1.61. The highest BCUT2D eigenvalue weighted by Gasteiger charge is 2.33. The largest absolute Gasteiger partial charge is 0.588 e. The summed E-state index contributed by atoms with van der Waals surface area (Å²) in [6.45, 7) is 0. The molecule has 1 unspecified atom stereocenters. The Bertz CT molecular complexity index is 1100. The topological polar surface area (TPSA) is 65.0 Å². The lowest BCUT2D eigenvalue weighted by molar-refractivity contribution is 0.104. The molecule has 1 N–H and O–H groups in total. The zero-order valence-electron chi connectivity index (χ0n) is 14.9. The van der Waals surface area contributed by atoms with Gasteiger partial charge in [0.15, 0.2) is 0 Å². The van der Waals surface area contributed by atoms with E-state index in [0.29, 0.717) is 17.7 Å². The molecule has 0 saturated carbocycles. The number of rotatable bonds is 2. The van der Waals surface area contributed by atoms with E-state index in [-0.39, 0.29) is 10.7 Å². The fraction of sp³-hybridized carbons (Fsp3) is 0.0435. The second-order valence-corrected chi connectivity index (χ2v) is 7.39. The number of nitrogens with one attached hydrogen (secondary N) is 1. The van der Waals surface area contributed by atoms with E-state index in [0.717, 1.165) is 16.7 Å². The van der Waals surface area contributed by atoms with Crippen molar-refractivity contribution in [1.29, 1.82) is 0 Å². The van der Waals surface area contributed by atoms with Crippen LogP contribution >= 0.6 is 0 Å². The Morgan fingerprint density at radius 1 is 1.07 bits per heavy atom. The highest BCUT2D eigenvalue weighted by atomic mass is 32.2. The second kappa shape index (κ2) is 8.13. The van der Waals surface area contributed by atoms with Gasteiger partial charge >= 0.3 is 0 Å². The molecule has 0 spiro atoms. The number of Topliss-reactive ketones (excluding diaryl/α,β-unsaturated/α-hetero) is 1. The maximum absolute atomic E-state index is 12.9. The summed E-state index contributed by atoms with van der Waals surface area (Å²) >= 11 is -1.59. The van der Waals surface area contributed by atoms with Gasteiger partial charge in [0.25, 0.3) is 0 Å². The smallest absolute Gasteiger partial charge is 0.245 e. The van der Waals surface area contributed by atoms with Crippen LogP contribution in [0.2, 0.25) is 0 Å². The van der Waals surface area contributed by atoms with Gasteiger partial charge in [-0.05, 0) is 41.5 Å². The van der Waals surface area contributed by atoms with Gasteiger partial charge in [-0.15, -0.1) is 0 Å². The van der Waals surface area contributed by atoms with Gasteiger partial charge in [-0.1, -0.05) is 42.2 Å². The molecule has 4 nitrogen and oxygen atoms in total. The van der Waals surface area contributed by atoms with Gasteiger partial charge in [0.1, 0.15) is 11.4 Å². The molecule has 0 radical (unpaired) electrons. The number of hydrogen-bond acceptors (Lipinski definition) is 4. The fourth-order valence-corrected chi connectivity index (χ4v) is 3.85. The molecule has 1 atom stereocenters. The summed E-state index contributed by atoms with van der Waals surface area (Å²) in [7, 11) is 0. The maximum atomic E-state index is 12.9. The molecular weight excluding hydrogens is 368 g/mol. The molecule has 3 aromatic rings. The minimum absolute atomic E-state index is 0.237. The number of carbonyl (C=O) groups excluding carboxylic acids is 1. The zero-order chi connectivity index (χ0) is 19.3. The molecule has 0 fully saturated rings. The Labute approximate surface area is 166 Å². The second-order valence-electron chi connectivity index (χ2n) is 6.21. The average molecular weight is 384 g/mol. The van der Waals surface area contributed by atoms with Crippen LogP contribution in [0.15, 0.2) is 78.0 Å². The summed E-state index contributed by atoms with van der Waals surface area (Å²) in [5.41, 5.74) is 3.71. The number of ketones is 1. The SMILES string of the molecule is O=C1/C(=C/c2ccccc2)[S+]([O-])Nc2ccc(C#CCc3ccncc3)cc21. The molecule has 5 heteroatoms. The number of nitrogens with zero attached hydrogens (tertiary/aromatic N) is 1. The zero-order valence-corrected chi connectivity index (χ0v) is 15.7. The standard InChI is InChI=1S/C23H16N2O2S/c26-23-20-15-19(8-4-7-17-11-13-24-14-12-17)9-10-21(20)25-28(27)22(23)16-18-5-2-1-3-6-18/h1-3,5-6,9-16,25H,7H2/b22-16-. The molecule has 1 aliphatic rings. The van der Waals surface area contributed by atoms with E-state index in [2.05, 4.69) is 21.5 Å². The monoisotopic (exact) mass is 384 g/mol. The van der Waals surface area contributed by atoms with Crippen LogP contribution in [-0.2, 0) is 17.8 Å². The summed E-state index contributed by atoms with van der Waals surface area (Å²) in [6, 6.07) is 18.5. The van der Waals surface area contributed by atoms with Crippen LogP contribution in [0.25, 0.3) is 6.08 Å². The summed E-state index contributed by atoms with van der Waals surface area (Å²) in [5.74, 6) is 5.97. The van der Waals surface area contributed by atoms with Crippen LogP contribution in [0.4, 0.5) is 5.69 Å². The number of pyridine rings is 1. The molecule has 0 amide bonds. The lowest BCUT2D eigenvalue weighted by Gasteiger charge is -2.21. The minimum atomic E-state index is -1.59. The molecule has 0 aliphatic carbocycles. The first kappa shape index (κ1) is 18.1. The number of fused-ring (bicyclic) bond motifs is 1. The number of aromatic nitrogens is 1. The third-order valence-electron chi connectivity index (χ3n) is 4.26. The summed E-state index contributed by atoms with van der Waals surface area (Å²) in [5, 5.41) is 0. The maximum Gasteiger partial charge on any atom is 0.245 e. The van der Waals surface area contributed by atoms with Gasteiger partial charge in [0.2, 0.25) is 10.7 Å². The van der Waals surface area contributed by atoms with Crippen LogP contribution in [0.3, 0.4) is 0 Å². The lowest BCUT2D eigenvalue weighted by atomic mass is 10.0. The quantitative estimate of drug-likeness (QED) is 0.412. The van der Waals surface area contributed by atoms with Gasteiger partial charge in [-0.25, -0.2) is 4.72 Å². The third-order valence-corrected chi connectivity index (χ3v) is 5.37. The first-order chi connectivity index (χ1) is 13.7. The van der Waals surface area contributed by atoms with Crippen molar-refractivity contribution in [2.24, 2.45) is 0 Å². The van der Waals surface area contributed by atoms with Gasteiger partial charge in [0, 0.05) is 30.5 Å².